The van der Waals surface area contributed by atoms with E-state index in [-0.39, 0.29) is 26.8 Å². The fourth-order valence-corrected chi connectivity index (χ4v) is 8.03. The van der Waals surface area contributed by atoms with E-state index in [9.17, 15) is 35.2 Å². The van der Waals surface area contributed by atoms with Crippen molar-refractivity contribution in [3.8, 4) is 11.3 Å². The molecular weight excluding hydrogens is 661 g/mol. The fourth-order valence-electron chi connectivity index (χ4n) is 4.80. The van der Waals surface area contributed by atoms with Crippen molar-refractivity contribution in [2.45, 2.75) is 48.3 Å². The zero-order chi connectivity index (χ0) is 32.6. The molecule has 0 radical (unpaired) electrons. The van der Waals surface area contributed by atoms with E-state index in [0.29, 0.717) is 32.6 Å². The Morgan fingerprint density at radius 1 is 1.16 bits per heavy atom. The third-order valence-electron chi connectivity index (χ3n) is 7.05. The lowest BCUT2D eigenvalue weighted by molar-refractivity contribution is -0.137. The van der Waals surface area contributed by atoms with Gasteiger partial charge in [-0.3, -0.25) is 9.78 Å². The summed E-state index contributed by atoms with van der Waals surface area (Å²) in [6.07, 6.45) is -2.28. The lowest BCUT2D eigenvalue weighted by Gasteiger charge is -2.22. The van der Waals surface area contributed by atoms with Gasteiger partial charge in [0.2, 0.25) is 5.91 Å². The van der Waals surface area contributed by atoms with Gasteiger partial charge in [-0.25, -0.2) is 22.2 Å². The third kappa shape index (κ3) is 7.60. The molecule has 45 heavy (non-hydrogen) atoms. The molecule has 8 nitrogen and oxygen atoms in total. The second kappa shape index (κ2) is 12.6. The van der Waals surface area contributed by atoms with Crippen molar-refractivity contribution >= 4 is 44.7 Å². The minimum atomic E-state index is -4.53. The van der Waals surface area contributed by atoms with Crippen LogP contribution in [0.25, 0.3) is 11.3 Å². The highest BCUT2D eigenvalue weighted by atomic mass is 35.5. The number of hydrogen-bond acceptors (Lipinski definition) is 7. The van der Waals surface area contributed by atoms with Crippen molar-refractivity contribution in [2.75, 3.05) is 11.9 Å². The topological polar surface area (TPSA) is 104 Å². The Morgan fingerprint density at radius 3 is 2.51 bits per heavy atom. The molecule has 16 heteroatoms. The molecule has 5 rings (SSSR count). The number of aromatic nitrogens is 2. The van der Waals surface area contributed by atoms with Gasteiger partial charge >= 0.3 is 6.18 Å². The van der Waals surface area contributed by atoms with Gasteiger partial charge in [-0.2, -0.15) is 17.5 Å². The number of nitrogens with one attached hydrogen (secondary N) is 2. The quantitative estimate of drug-likeness (QED) is 0.189. The van der Waals surface area contributed by atoms with E-state index in [1.807, 2.05) is 13.0 Å². The average Bonchev–Trinajstić information content (AvgIpc) is 3.59. The molecule has 4 heterocycles. The van der Waals surface area contributed by atoms with Crippen LogP contribution in [0.2, 0.25) is 4.34 Å². The lowest BCUT2D eigenvalue weighted by atomic mass is 10.1. The van der Waals surface area contributed by atoms with Crippen LogP contribution in [0.15, 0.2) is 77.3 Å². The Kier molecular flexibility index (Phi) is 9.18. The zero-order valence-corrected chi connectivity index (χ0v) is 25.7. The summed E-state index contributed by atoms with van der Waals surface area (Å²) in [7, 11) is -4.45. The van der Waals surface area contributed by atoms with Gasteiger partial charge in [0.1, 0.15) is 16.1 Å². The van der Waals surface area contributed by atoms with Crippen molar-refractivity contribution in [1.82, 2.24) is 19.6 Å². The second-order valence-corrected chi connectivity index (χ2v) is 14.2. The minimum absolute atomic E-state index is 0.143. The smallest absolute Gasteiger partial charge is 0.363 e. The molecule has 1 aromatic carbocycles. The first-order valence-corrected chi connectivity index (χ1v) is 16.0. The molecule has 1 aliphatic heterocycles. The molecule has 4 aromatic rings. The number of benzene rings is 1. The number of nitrogens with zero attached hydrogens (tertiary/aromatic N) is 3. The highest BCUT2D eigenvalue weighted by Crippen LogP contribution is 2.38. The van der Waals surface area contributed by atoms with Gasteiger partial charge in [-0.15, -0.1) is 11.3 Å². The van der Waals surface area contributed by atoms with E-state index in [2.05, 4.69) is 20.6 Å². The predicted molar refractivity (Wildman–Crippen MR) is 159 cm³/mol. The van der Waals surface area contributed by atoms with E-state index in [1.165, 1.54) is 30.3 Å². The second-order valence-electron chi connectivity index (χ2n) is 10.4. The highest BCUT2D eigenvalue weighted by molar-refractivity contribution is 7.91. The van der Waals surface area contributed by atoms with Crippen LogP contribution in [0, 0.1) is 0 Å². The van der Waals surface area contributed by atoms with E-state index in [0.717, 1.165) is 17.7 Å². The first-order valence-electron chi connectivity index (χ1n) is 13.4. The van der Waals surface area contributed by atoms with Crippen molar-refractivity contribution in [3.63, 3.8) is 0 Å². The van der Waals surface area contributed by atoms with E-state index < -0.39 is 52.6 Å². The minimum Gasteiger partial charge on any atom is -0.363 e. The Morgan fingerprint density at radius 2 is 1.89 bits per heavy atom. The van der Waals surface area contributed by atoms with Crippen LogP contribution in [0.3, 0.4) is 0 Å². The number of sulfonamides is 1. The van der Waals surface area contributed by atoms with E-state index in [1.54, 1.807) is 24.5 Å². The van der Waals surface area contributed by atoms with Crippen LogP contribution in [-0.2, 0) is 27.5 Å². The molecule has 1 aliphatic rings. The number of amides is 1. The number of alkyl halides is 5. The van der Waals surface area contributed by atoms with Crippen LogP contribution < -0.4 is 10.6 Å². The third-order valence-corrected chi connectivity index (χ3v) is 10.6. The van der Waals surface area contributed by atoms with Crippen molar-refractivity contribution in [3.05, 3.63) is 94.1 Å². The van der Waals surface area contributed by atoms with Gasteiger partial charge in [-0.05, 0) is 60.5 Å². The maximum atomic E-state index is 14.5. The van der Waals surface area contributed by atoms with Crippen LogP contribution in [0.5, 0.6) is 0 Å². The van der Waals surface area contributed by atoms with Crippen LogP contribution in [-0.4, -0.2) is 47.1 Å². The first kappa shape index (κ1) is 32.7. The van der Waals surface area contributed by atoms with Crippen LogP contribution in [0.1, 0.15) is 36.1 Å². The summed E-state index contributed by atoms with van der Waals surface area (Å²) in [5.74, 6) is -4.06. The van der Waals surface area contributed by atoms with Gasteiger partial charge in [0, 0.05) is 30.9 Å². The number of rotatable bonds is 9. The summed E-state index contributed by atoms with van der Waals surface area (Å²) in [5, 5.41) is 5.75. The Bertz CT molecular complexity index is 1790. The molecule has 1 fully saturated rings. The number of hydrogen-bond donors (Lipinski definition) is 2. The van der Waals surface area contributed by atoms with Crippen molar-refractivity contribution in [1.29, 1.82) is 0 Å². The van der Waals surface area contributed by atoms with Gasteiger partial charge in [0.15, 0.2) is 0 Å². The molecule has 1 saturated heterocycles. The Labute approximate surface area is 264 Å². The number of pyridine rings is 2. The summed E-state index contributed by atoms with van der Waals surface area (Å²) in [6, 6.07) is 11.6. The van der Waals surface area contributed by atoms with Crippen LogP contribution in [0.4, 0.5) is 27.8 Å². The number of thiophene rings is 1. The first-order chi connectivity index (χ1) is 21.1. The maximum Gasteiger partial charge on any atom is 0.416 e. The normalized spacial score (nSPS) is 17.6. The maximum absolute atomic E-state index is 14.5. The summed E-state index contributed by atoms with van der Waals surface area (Å²) in [5.41, 5.74) is 1.05. The summed E-state index contributed by atoms with van der Waals surface area (Å²) in [4.78, 5) is 21.9. The van der Waals surface area contributed by atoms with Crippen molar-refractivity contribution in [2.24, 2.45) is 0 Å². The molecule has 2 atom stereocenters. The van der Waals surface area contributed by atoms with Crippen LogP contribution >= 0.6 is 22.9 Å². The molecule has 238 valence electrons. The Hall–Kier alpha value is -3.66. The molecular formula is C29H25ClF5N5O3S2. The molecule has 2 N–H and O–H groups in total. The standard InChI is InChI=1S/C29H25ClF5N5O3S2/c1-17(20-3-2-10-36-15-20)38-25-12-18(11-22(39-25)19-4-6-21(7-5-19)29(33,34)35)14-37-27(41)23-13-28(31,32)16-40(23)45(42,43)26-9-8-24(30)44-26/h2-12,15,17,23H,13-14,16H2,1H3,(H,37,41)(H,38,39)/t17?,23-/m0/s1. The molecule has 3 aromatic heterocycles. The summed E-state index contributed by atoms with van der Waals surface area (Å²) in [6.45, 7) is 0.462. The lowest BCUT2D eigenvalue weighted by Crippen LogP contribution is -2.45. The van der Waals surface area contributed by atoms with Gasteiger partial charge in [0.25, 0.3) is 15.9 Å². The molecule has 1 unspecified atom stereocenters. The number of halogens is 6. The molecule has 0 spiro atoms. The molecule has 0 bridgehead atoms. The number of carbonyl (C=O) groups excluding carboxylic acids is 1. The van der Waals surface area contributed by atoms with E-state index in [4.69, 9.17) is 11.6 Å². The monoisotopic (exact) mass is 685 g/mol. The number of anilines is 1. The molecule has 1 amide bonds. The molecule has 0 saturated carbocycles. The van der Waals surface area contributed by atoms with Gasteiger partial charge in [-0.1, -0.05) is 29.8 Å². The number of carbonyl (C=O) groups is 1. The molecule has 0 aliphatic carbocycles. The van der Waals surface area contributed by atoms with Gasteiger partial charge in [0.05, 0.1) is 28.2 Å². The largest absolute Gasteiger partial charge is 0.416 e. The van der Waals surface area contributed by atoms with Gasteiger partial charge < -0.3 is 10.6 Å². The fraction of sp³-hybridized carbons (Fsp3) is 0.276. The predicted octanol–water partition coefficient (Wildman–Crippen LogP) is 6.77. The van der Waals surface area contributed by atoms with Crippen molar-refractivity contribution < 1.29 is 35.2 Å². The Balaban J connectivity index is 1.41. The average molecular weight is 686 g/mol. The zero-order valence-electron chi connectivity index (χ0n) is 23.4. The summed E-state index contributed by atoms with van der Waals surface area (Å²) >= 11 is 6.55. The SMILES string of the molecule is CC(Nc1cc(CNC(=O)[C@@H]2CC(F)(F)CN2S(=O)(=O)c2ccc(Cl)s2)cc(-c2ccc(C(F)(F)F)cc2)n1)c1cccnc1. The summed E-state index contributed by atoms with van der Waals surface area (Å²) < 4.78 is 95.0. The van der Waals surface area contributed by atoms with E-state index >= 15 is 0 Å². The highest BCUT2D eigenvalue weighted by Gasteiger charge is 2.53.